The fraction of sp³-hybridized carbons (Fsp3) is 0.750. The van der Waals surface area contributed by atoms with Crippen LogP contribution < -0.4 is 5.32 Å². The van der Waals surface area contributed by atoms with Gasteiger partial charge in [-0.15, -0.1) is 0 Å². The van der Waals surface area contributed by atoms with Gasteiger partial charge in [-0.1, -0.05) is 0 Å². The monoisotopic (exact) mass is 225 g/mol. The third-order valence-electron chi connectivity index (χ3n) is 2.72. The average Bonchev–Trinajstić information content (AvgIpc) is 2.59. The Morgan fingerprint density at radius 1 is 1.38 bits per heavy atom. The van der Waals surface area contributed by atoms with Crippen LogP contribution in [0.15, 0.2) is 6.33 Å². The Bertz CT molecular complexity index is 296. The first kappa shape index (κ1) is 13.2. The zero-order chi connectivity index (χ0) is 11.8. The Kier molecular flexibility index (Phi) is 6.11. The highest BCUT2D eigenvalue weighted by molar-refractivity contribution is 5.08. The molecule has 1 aromatic rings. The standard InChI is InChI=1S/C12H23N3O/c1-4-16-9-5-6-13-7-8-15-10-14-11(2)12(15)3/h10,13H,4-9H2,1-3H3. The number of aryl methyl sites for hydroxylation is 1. The van der Waals surface area contributed by atoms with Crippen molar-refractivity contribution in [1.29, 1.82) is 0 Å². The molecule has 1 rings (SSSR count). The van der Waals surface area contributed by atoms with Gasteiger partial charge in [-0.2, -0.15) is 0 Å². The largest absolute Gasteiger partial charge is 0.382 e. The summed E-state index contributed by atoms with van der Waals surface area (Å²) in [6.45, 7) is 10.8. The van der Waals surface area contributed by atoms with Crippen LogP contribution in [0.4, 0.5) is 0 Å². The van der Waals surface area contributed by atoms with Crippen LogP contribution in [0, 0.1) is 13.8 Å². The summed E-state index contributed by atoms with van der Waals surface area (Å²) in [6, 6.07) is 0. The molecule has 0 fully saturated rings. The highest BCUT2D eigenvalue weighted by Crippen LogP contribution is 2.02. The topological polar surface area (TPSA) is 39.1 Å². The molecule has 0 aliphatic rings. The molecule has 0 aliphatic carbocycles. The first-order valence-corrected chi connectivity index (χ1v) is 6.02. The second-order valence-corrected chi connectivity index (χ2v) is 3.91. The lowest BCUT2D eigenvalue weighted by Gasteiger charge is -2.07. The summed E-state index contributed by atoms with van der Waals surface area (Å²) in [4.78, 5) is 4.27. The summed E-state index contributed by atoms with van der Waals surface area (Å²) in [6.07, 6.45) is 2.99. The Labute approximate surface area is 98.0 Å². The van der Waals surface area contributed by atoms with Gasteiger partial charge in [0.2, 0.25) is 0 Å². The molecule has 16 heavy (non-hydrogen) atoms. The molecule has 0 amide bonds. The highest BCUT2D eigenvalue weighted by Gasteiger charge is 2.00. The molecule has 1 N–H and O–H groups in total. The zero-order valence-corrected chi connectivity index (χ0v) is 10.6. The maximum absolute atomic E-state index is 5.27. The van der Waals surface area contributed by atoms with Gasteiger partial charge in [-0.25, -0.2) is 4.98 Å². The molecule has 0 bridgehead atoms. The molecule has 4 heteroatoms. The first-order valence-electron chi connectivity index (χ1n) is 6.02. The van der Waals surface area contributed by atoms with Crippen molar-refractivity contribution in [2.45, 2.75) is 33.7 Å². The number of hydrogen-bond acceptors (Lipinski definition) is 3. The minimum Gasteiger partial charge on any atom is -0.382 e. The summed E-state index contributed by atoms with van der Waals surface area (Å²) in [5, 5.41) is 3.40. The fourth-order valence-corrected chi connectivity index (χ4v) is 1.54. The molecule has 4 nitrogen and oxygen atoms in total. The van der Waals surface area contributed by atoms with E-state index in [1.807, 2.05) is 20.2 Å². The lowest BCUT2D eigenvalue weighted by atomic mass is 10.4. The van der Waals surface area contributed by atoms with E-state index in [1.165, 1.54) is 5.69 Å². The van der Waals surface area contributed by atoms with Gasteiger partial charge in [0.05, 0.1) is 12.0 Å². The zero-order valence-electron chi connectivity index (χ0n) is 10.6. The van der Waals surface area contributed by atoms with Crippen molar-refractivity contribution in [2.75, 3.05) is 26.3 Å². The molecule has 0 radical (unpaired) electrons. The van der Waals surface area contributed by atoms with Gasteiger partial charge >= 0.3 is 0 Å². The van der Waals surface area contributed by atoms with Crippen molar-refractivity contribution in [1.82, 2.24) is 14.9 Å². The predicted molar refractivity (Wildman–Crippen MR) is 65.7 cm³/mol. The number of aromatic nitrogens is 2. The molecule has 0 atom stereocenters. The number of nitrogens with one attached hydrogen (secondary N) is 1. The molecule has 1 aromatic heterocycles. The molecule has 1 heterocycles. The van der Waals surface area contributed by atoms with Crippen LogP contribution in [0.25, 0.3) is 0 Å². The van der Waals surface area contributed by atoms with Crippen molar-refractivity contribution in [3.8, 4) is 0 Å². The third-order valence-corrected chi connectivity index (χ3v) is 2.72. The van der Waals surface area contributed by atoms with Crippen molar-refractivity contribution in [3.63, 3.8) is 0 Å². The highest BCUT2D eigenvalue weighted by atomic mass is 16.5. The van der Waals surface area contributed by atoms with E-state index in [1.54, 1.807) is 0 Å². The minimum atomic E-state index is 0.813. The lowest BCUT2D eigenvalue weighted by molar-refractivity contribution is 0.145. The number of rotatable bonds is 8. The summed E-state index contributed by atoms with van der Waals surface area (Å²) in [7, 11) is 0. The first-order chi connectivity index (χ1) is 7.75. The summed E-state index contributed by atoms with van der Waals surface area (Å²) in [5.41, 5.74) is 2.38. The smallest absolute Gasteiger partial charge is 0.0951 e. The molecule has 0 saturated carbocycles. The van der Waals surface area contributed by atoms with Crippen LogP contribution in [-0.2, 0) is 11.3 Å². The molecule has 0 aliphatic heterocycles. The van der Waals surface area contributed by atoms with E-state index in [-0.39, 0.29) is 0 Å². The summed E-state index contributed by atoms with van der Waals surface area (Å²) < 4.78 is 7.45. The predicted octanol–water partition coefficient (Wildman–Crippen LogP) is 1.52. The van der Waals surface area contributed by atoms with Gasteiger partial charge in [0.25, 0.3) is 0 Å². The van der Waals surface area contributed by atoms with Gasteiger partial charge in [-0.05, 0) is 33.7 Å². The summed E-state index contributed by atoms with van der Waals surface area (Å²) >= 11 is 0. The Morgan fingerprint density at radius 3 is 2.81 bits per heavy atom. The van der Waals surface area contributed by atoms with E-state index < -0.39 is 0 Å². The third kappa shape index (κ3) is 4.33. The van der Waals surface area contributed by atoms with Crippen molar-refractivity contribution in [3.05, 3.63) is 17.7 Å². The van der Waals surface area contributed by atoms with E-state index >= 15 is 0 Å². The number of hydrogen-bond donors (Lipinski definition) is 1. The van der Waals surface area contributed by atoms with E-state index in [9.17, 15) is 0 Å². The van der Waals surface area contributed by atoms with Gasteiger partial charge in [0, 0.05) is 32.0 Å². The van der Waals surface area contributed by atoms with E-state index in [2.05, 4.69) is 21.8 Å². The Morgan fingerprint density at radius 2 is 2.19 bits per heavy atom. The van der Waals surface area contributed by atoms with Crippen molar-refractivity contribution >= 4 is 0 Å². The van der Waals surface area contributed by atoms with Crippen molar-refractivity contribution in [2.24, 2.45) is 0 Å². The molecule has 0 aromatic carbocycles. The van der Waals surface area contributed by atoms with Crippen LogP contribution in [0.2, 0.25) is 0 Å². The fourth-order valence-electron chi connectivity index (χ4n) is 1.54. The molecular weight excluding hydrogens is 202 g/mol. The molecular formula is C12H23N3O. The molecule has 0 saturated heterocycles. The maximum Gasteiger partial charge on any atom is 0.0951 e. The average molecular weight is 225 g/mol. The maximum atomic E-state index is 5.27. The quantitative estimate of drug-likeness (QED) is 0.682. The van der Waals surface area contributed by atoms with Crippen LogP contribution in [0.5, 0.6) is 0 Å². The van der Waals surface area contributed by atoms with Crippen LogP contribution in [0.3, 0.4) is 0 Å². The van der Waals surface area contributed by atoms with E-state index in [0.29, 0.717) is 0 Å². The molecule has 92 valence electrons. The lowest BCUT2D eigenvalue weighted by Crippen LogP contribution is -2.22. The van der Waals surface area contributed by atoms with E-state index in [4.69, 9.17) is 4.74 Å². The van der Waals surface area contributed by atoms with E-state index in [0.717, 1.165) is 45.0 Å². The van der Waals surface area contributed by atoms with Crippen LogP contribution in [-0.4, -0.2) is 35.9 Å². The van der Waals surface area contributed by atoms with Gasteiger partial charge in [-0.3, -0.25) is 0 Å². The van der Waals surface area contributed by atoms with Crippen LogP contribution in [0.1, 0.15) is 24.7 Å². The van der Waals surface area contributed by atoms with Crippen LogP contribution >= 0.6 is 0 Å². The SMILES string of the molecule is CCOCCCNCCn1cnc(C)c1C. The minimum absolute atomic E-state index is 0.813. The molecule has 0 spiro atoms. The Balaban J connectivity index is 2.05. The number of nitrogens with zero attached hydrogens (tertiary/aromatic N) is 2. The number of ether oxygens (including phenoxy) is 1. The second kappa shape index (κ2) is 7.41. The second-order valence-electron chi connectivity index (χ2n) is 3.91. The van der Waals surface area contributed by atoms with Crippen molar-refractivity contribution < 1.29 is 4.74 Å². The number of imidazole rings is 1. The normalized spacial score (nSPS) is 10.9. The summed E-state index contributed by atoms with van der Waals surface area (Å²) in [5.74, 6) is 0. The van der Waals surface area contributed by atoms with Gasteiger partial charge in [0.15, 0.2) is 0 Å². The Hall–Kier alpha value is -0.870. The van der Waals surface area contributed by atoms with Gasteiger partial charge in [0.1, 0.15) is 0 Å². The molecule has 0 unspecified atom stereocenters. The van der Waals surface area contributed by atoms with Gasteiger partial charge < -0.3 is 14.6 Å².